The summed E-state index contributed by atoms with van der Waals surface area (Å²) in [5.74, 6) is 0.230. The summed E-state index contributed by atoms with van der Waals surface area (Å²) in [4.78, 5) is 39.2. The normalized spacial score (nSPS) is 10.5. The van der Waals surface area contributed by atoms with Crippen molar-refractivity contribution in [2.75, 3.05) is 13.2 Å². The molecule has 1 heterocycles. The second kappa shape index (κ2) is 9.86. The maximum Gasteiger partial charge on any atom is 0.288 e. The van der Waals surface area contributed by atoms with Crippen LogP contribution in [0.5, 0.6) is 5.75 Å². The molecule has 10 heteroatoms. The molecule has 0 unspecified atom stereocenters. The van der Waals surface area contributed by atoms with Gasteiger partial charge in [0.05, 0.1) is 23.6 Å². The number of benzene rings is 2. The van der Waals surface area contributed by atoms with Crippen molar-refractivity contribution in [3.63, 3.8) is 0 Å². The van der Waals surface area contributed by atoms with E-state index in [-0.39, 0.29) is 34.9 Å². The zero-order valence-electron chi connectivity index (χ0n) is 16.6. The number of amides is 1. The minimum Gasteiger partial charge on any atom is -0.494 e. The Hall–Kier alpha value is -3.72. The lowest BCUT2D eigenvalue weighted by Gasteiger charge is -2.09. The first-order chi connectivity index (χ1) is 14.9. The highest BCUT2D eigenvalue weighted by atomic mass is 35.5. The number of nitro groups is 1. The quantitative estimate of drug-likeness (QED) is 0.422. The first-order valence-electron chi connectivity index (χ1n) is 9.41. The first-order valence-corrected chi connectivity index (χ1v) is 9.78. The Morgan fingerprint density at radius 2 is 1.97 bits per heavy atom. The van der Waals surface area contributed by atoms with Gasteiger partial charge in [-0.3, -0.25) is 24.3 Å². The fraction of sp³-hybridized carbons (Fsp3) is 0.190. The lowest BCUT2D eigenvalue weighted by Crippen LogP contribution is -2.30. The van der Waals surface area contributed by atoms with Crippen molar-refractivity contribution in [3.8, 4) is 17.0 Å². The van der Waals surface area contributed by atoms with Crippen LogP contribution in [0.1, 0.15) is 17.3 Å². The molecule has 31 heavy (non-hydrogen) atoms. The van der Waals surface area contributed by atoms with E-state index in [4.69, 9.17) is 16.3 Å². The Kier molecular flexibility index (Phi) is 6.99. The number of carbonyl (C=O) groups excluding carboxylic acids is 1. The molecule has 3 aromatic rings. The number of carbonyl (C=O) groups is 1. The van der Waals surface area contributed by atoms with Crippen molar-refractivity contribution in [3.05, 3.63) is 85.9 Å². The van der Waals surface area contributed by atoms with Gasteiger partial charge in [-0.05, 0) is 43.3 Å². The molecule has 0 saturated heterocycles. The average molecular weight is 443 g/mol. The third-order valence-electron chi connectivity index (χ3n) is 4.38. The van der Waals surface area contributed by atoms with Crippen LogP contribution in [-0.4, -0.2) is 33.5 Å². The van der Waals surface area contributed by atoms with Crippen molar-refractivity contribution in [2.45, 2.75) is 13.5 Å². The van der Waals surface area contributed by atoms with Gasteiger partial charge in [0.25, 0.3) is 17.2 Å². The Bertz CT molecular complexity index is 1160. The van der Waals surface area contributed by atoms with E-state index in [1.165, 1.54) is 29.1 Å². The molecule has 1 N–H and O–H groups in total. The van der Waals surface area contributed by atoms with Gasteiger partial charge in [0.15, 0.2) is 0 Å². The lowest BCUT2D eigenvalue weighted by atomic mass is 10.1. The molecule has 0 saturated carbocycles. The van der Waals surface area contributed by atoms with Crippen molar-refractivity contribution in [1.82, 2.24) is 14.9 Å². The average Bonchev–Trinajstić information content (AvgIpc) is 2.75. The number of hydrogen-bond donors (Lipinski definition) is 1. The van der Waals surface area contributed by atoms with E-state index in [1.807, 2.05) is 31.2 Å². The van der Waals surface area contributed by atoms with Gasteiger partial charge >= 0.3 is 0 Å². The molecule has 0 aliphatic heterocycles. The van der Waals surface area contributed by atoms with Gasteiger partial charge in [-0.1, -0.05) is 11.6 Å². The largest absolute Gasteiger partial charge is 0.494 e. The van der Waals surface area contributed by atoms with E-state index in [0.717, 1.165) is 17.4 Å². The van der Waals surface area contributed by atoms with Gasteiger partial charge in [0, 0.05) is 36.3 Å². The first kappa shape index (κ1) is 22.0. The summed E-state index contributed by atoms with van der Waals surface area (Å²) in [5.41, 5.74) is 0.800. The maximum absolute atomic E-state index is 12.4. The number of halogens is 1. The van der Waals surface area contributed by atoms with Crippen LogP contribution in [0.2, 0.25) is 5.02 Å². The summed E-state index contributed by atoms with van der Waals surface area (Å²) in [7, 11) is 0. The molecule has 3 rings (SSSR count). The van der Waals surface area contributed by atoms with Gasteiger partial charge < -0.3 is 10.1 Å². The molecule has 0 bridgehead atoms. The summed E-state index contributed by atoms with van der Waals surface area (Å²) in [5, 5.41) is 13.5. The SMILES string of the molecule is CCOc1ccc(-c2cc(=O)n(CCNC(=O)c3ccc(Cl)c([N+](=O)[O-])c3)cn2)cc1. The molecule has 0 aliphatic carbocycles. The molecular weight excluding hydrogens is 424 g/mol. The Morgan fingerprint density at radius 3 is 2.61 bits per heavy atom. The third kappa shape index (κ3) is 5.46. The fourth-order valence-electron chi connectivity index (χ4n) is 2.83. The van der Waals surface area contributed by atoms with Gasteiger partial charge in [-0.15, -0.1) is 0 Å². The van der Waals surface area contributed by atoms with E-state index in [0.29, 0.717) is 12.3 Å². The van der Waals surface area contributed by atoms with Crippen LogP contribution in [0.3, 0.4) is 0 Å². The van der Waals surface area contributed by atoms with Crippen LogP contribution in [0, 0.1) is 10.1 Å². The predicted octanol–water partition coefficient (Wildman–Crippen LogP) is 3.30. The third-order valence-corrected chi connectivity index (χ3v) is 4.70. The van der Waals surface area contributed by atoms with Crippen molar-refractivity contribution < 1.29 is 14.5 Å². The Labute approximate surface area is 182 Å². The minimum absolute atomic E-state index is 0.0493. The van der Waals surface area contributed by atoms with Crippen molar-refractivity contribution in [1.29, 1.82) is 0 Å². The Balaban J connectivity index is 1.62. The molecule has 2 aromatic carbocycles. The van der Waals surface area contributed by atoms with E-state index in [9.17, 15) is 19.7 Å². The second-order valence-corrected chi connectivity index (χ2v) is 6.85. The van der Waals surface area contributed by atoms with Crippen LogP contribution in [-0.2, 0) is 6.54 Å². The fourth-order valence-corrected chi connectivity index (χ4v) is 3.01. The van der Waals surface area contributed by atoms with Gasteiger partial charge in [-0.25, -0.2) is 4.98 Å². The van der Waals surface area contributed by atoms with E-state index in [1.54, 1.807) is 0 Å². The number of nitrogens with one attached hydrogen (secondary N) is 1. The van der Waals surface area contributed by atoms with Crippen LogP contribution < -0.4 is 15.6 Å². The molecule has 0 aliphatic rings. The van der Waals surface area contributed by atoms with Crippen LogP contribution in [0.15, 0.2) is 59.7 Å². The lowest BCUT2D eigenvalue weighted by molar-refractivity contribution is -0.384. The molecule has 160 valence electrons. The molecule has 1 amide bonds. The zero-order valence-corrected chi connectivity index (χ0v) is 17.3. The zero-order chi connectivity index (χ0) is 22.4. The number of ether oxygens (including phenoxy) is 1. The van der Waals surface area contributed by atoms with Crippen molar-refractivity contribution in [2.24, 2.45) is 0 Å². The topological polar surface area (TPSA) is 116 Å². The maximum atomic E-state index is 12.4. The molecule has 9 nitrogen and oxygen atoms in total. The van der Waals surface area contributed by atoms with E-state index >= 15 is 0 Å². The van der Waals surface area contributed by atoms with Gasteiger partial charge in [0.2, 0.25) is 0 Å². The van der Waals surface area contributed by atoms with Crippen LogP contribution in [0.25, 0.3) is 11.3 Å². The highest BCUT2D eigenvalue weighted by molar-refractivity contribution is 6.32. The summed E-state index contributed by atoms with van der Waals surface area (Å²) in [6.07, 6.45) is 1.41. The number of aromatic nitrogens is 2. The van der Waals surface area contributed by atoms with Gasteiger partial charge in [0.1, 0.15) is 10.8 Å². The highest BCUT2D eigenvalue weighted by Crippen LogP contribution is 2.25. The number of nitrogens with zero attached hydrogens (tertiary/aromatic N) is 3. The smallest absolute Gasteiger partial charge is 0.288 e. The summed E-state index contributed by atoms with van der Waals surface area (Å²) in [6, 6.07) is 12.5. The molecule has 0 atom stereocenters. The predicted molar refractivity (Wildman–Crippen MR) is 116 cm³/mol. The molecule has 0 radical (unpaired) electrons. The van der Waals surface area contributed by atoms with E-state index < -0.39 is 10.8 Å². The van der Waals surface area contributed by atoms with Gasteiger partial charge in [-0.2, -0.15) is 0 Å². The summed E-state index contributed by atoms with van der Waals surface area (Å²) < 4.78 is 6.76. The number of hydrogen-bond acceptors (Lipinski definition) is 6. The number of nitro benzene ring substituents is 1. The molecule has 0 fully saturated rings. The Morgan fingerprint density at radius 1 is 1.23 bits per heavy atom. The van der Waals surface area contributed by atoms with Crippen LogP contribution in [0.4, 0.5) is 5.69 Å². The number of rotatable bonds is 8. The highest BCUT2D eigenvalue weighted by Gasteiger charge is 2.16. The molecule has 0 spiro atoms. The van der Waals surface area contributed by atoms with Crippen LogP contribution >= 0.6 is 11.6 Å². The monoisotopic (exact) mass is 442 g/mol. The molecule has 1 aromatic heterocycles. The standard InChI is InChI=1S/C21H19ClN4O5/c1-2-31-16-6-3-14(4-7-16)18-12-20(27)25(13-24-18)10-9-23-21(28)15-5-8-17(22)19(11-15)26(29)30/h3-8,11-13H,2,9-10H2,1H3,(H,23,28). The summed E-state index contributed by atoms with van der Waals surface area (Å²) in [6.45, 7) is 2.80. The second-order valence-electron chi connectivity index (χ2n) is 6.44. The summed E-state index contributed by atoms with van der Waals surface area (Å²) >= 11 is 5.75. The minimum atomic E-state index is -0.656. The van der Waals surface area contributed by atoms with Crippen molar-refractivity contribution >= 4 is 23.2 Å². The molecular formula is C21H19ClN4O5. The van der Waals surface area contributed by atoms with E-state index in [2.05, 4.69) is 10.3 Å².